The number of nitrogen functional groups attached to an aromatic ring is 1. The van der Waals surface area contributed by atoms with Crippen molar-refractivity contribution in [1.29, 1.82) is 0 Å². The maximum Gasteiger partial charge on any atom is 0.132 e. The Morgan fingerprint density at radius 3 is 2.69 bits per heavy atom. The molecule has 5 heteroatoms. The van der Waals surface area contributed by atoms with Crippen molar-refractivity contribution in [2.24, 2.45) is 5.92 Å². The van der Waals surface area contributed by atoms with Gasteiger partial charge in [-0.05, 0) is 5.92 Å². The second kappa shape index (κ2) is 5.65. The number of aliphatic hydroxyl groups is 1. The Balaban J connectivity index is 2.63. The van der Waals surface area contributed by atoms with E-state index >= 15 is 0 Å². The van der Waals surface area contributed by atoms with Gasteiger partial charge < -0.3 is 16.2 Å². The number of nitrogens with two attached hydrogens (primary N) is 1. The molecule has 0 saturated carbocycles. The highest BCUT2D eigenvalue weighted by atomic mass is 16.3. The van der Waals surface area contributed by atoms with Crippen molar-refractivity contribution >= 4 is 11.6 Å². The zero-order valence-corrected chi connectivity index (χ0v) is 10.1. The number of hydrogen-bond acceptors (Lipinski definition) is 5. The molecular weight excluding hydrogens is 204 g/mol. The van der Waals surface area contributed by atoms with Gasteiger partial charge in [0.25, 0.3) is 0 Å². The van der Waals surface area contributed by atoms with Gasteiger partial charge >= 0.3 is 0 Å². The molecule has 90 valence electrons. The first-order valence-electron chi connectivity index (χ1n) is 5.58. The predicted molar refractivity (Wildman–Crippen MR) is 65.2 cm³/mol. The molecule has 0 fully saturated rings. The van der Waals surface area contributed by atoms with Gasteiger partial charge in [-0.15, -0.1) is 0 Å². The Kier molecular flexibility index (Phi) is 4.49. The lowest BCUT2D eigenvalue weighted by molar-refractivity contribution is 0.138. The van der Waals surface area contributed by atoms with Crippen molar-refractivity contribution < 1.29 is 5.11 Å². The molecule has 1 heterocycles. The third-order valence-corrected chi connectivity index (χ3v) is 2.37. The number of anilines is 2. The maximum atomic E-state index is 9.65. The molecule has 0 amide bonds. The van der Waals surface area contributed by atoms with Gasteiger partial charge in [0.2, 0.25) is 0 Å². The fraction of sp³-hybridized carbons (Fsp3) is 0.636. The van der Waals surface area contributed by atoms with Gasteiger partial charge in [-0.3, -0.25) is 0 Å². The molecule has 1 rings (SSSR count). The molecule has 1 aromatic heterocycles. The second-order valence-electron chi connectivity index (χ2n) is 4.14. The number of rotatable bonds is 5. The van der Waals surface area contributed by atoms with E-state index in [1.54, 1.807) is 6.07 Å². The van der Waals surface area contributed by atoms with Crippen LogP contribution < -0.4 is 11.1 Å². The van der Waals surface area contributed by atoms with E-state index in [9.17, 15) is 5.11 Å². The SMILES string of the molecule is CCc1nc(N)cc(NCC(O)C(C)C)n1. The third-order valence-electron chi connectivity index (χ3n) is 2.37. The molecule has 16 heavy (non-hydrogen) atoms. The van der Waals surface area contributed by atoms with Crippen LogP contribution in [0.5, 0.6) is 0 Å². The van der Waals surface area contributed by atoms with Crippen LogP contribution in [0.25, 0.3) is 0 Å². The van der Waals surface area contributed by atoms with E-state index in [4.69, 9.17) is 5.73 Å². The molecule has 0 aliphatic rings. The first-order valence-corrected chi connectivity index (χ1v) is 5.58. The van der Waals surface area contributed by atoms with Gasteiger partial charge in [0, 0.05) is 19.0 Å². The molecule has 0 aromatic carbocycles. The van der Waals surface area contributed by atoms with Gasteiger partial charge in [-0.25, -0.2) is 9.97 Å². The van der Waals surface area contributed by atoms with Crippen LogP contribution in [0.4, 0.5) is 11.6 Å². The molecule has 1 aromatic rings. The molecule has 1 unspecified atom stereocenters. The Morgan fingerprint density at radius 1 is 1.44 bits per heavy atom. The molecule has 5 nitrogen and oxygen atoms in total. The normalized spacial score (nSPS) is 12.8. The summed E-state index contributed by atoms with van der Waals surface area (Å²) >= 11 is 0. The van der Waals surface area contributed by atoms with E-state index in [1.165, 1.54) is 0 Å². The summed E-state index contributed by atoms with van der Waals surface area (Å²) in [5.41, 5.74) is 5.65. The third kappa shape index (κ3) is 3.66. The summed E-state index contributed by atoms with van der Waals surface area (Å²) in [7, 11) is 0. The summed E-state index contributed by atoms with van der Waals surface area (Å²) in [6, 6.07) is 1.67. The number of nitrogens with zero attached hydrogens (tertiary/aromatic N) is 2. The van der Waals surface area contributed by atoms with Crippen molar-refractivity contribution in [1.82, 2.24) is 9.97 Å². The van der Waals surface area contributed by atoms with Gasteiger partial charge in [0.1, 0.15) is 17.5 Å². The van der Waals surface area contributed by atoms with E-state index in [0.29, 0.717) is 24.0 Å². The van der Waals surface area contributed by atoms with E-state index in [-0.39, 0.29) is 12.0 Å². The minimum Gasteiger partial charge on any atom is -0.391 e. The lowest BCUT2D eigenvalue weighted by Gasteiger charge is -2.15. The van der Waals surface area contributed by atoms with Gasteiger partial charge in [0.15, 0.2) is 0 Å². The second-order valence-corrected chi connectivity index (χ2v) is 4.14. The zero-order valence-electron chi connectivity index (χ0n) is 10.1. The first-order chi connectivity index (χ1) is 7.52. The van der Waals surface area contributed by atoms with Crippen LogP contribution in [0.3, 0.4) is 0 Å². The van der Waals surface area contributed by atoms with Crippen molar-refractivity contribution in [2.75, 3.05) is 17.6 Å². The number of nitrogens with one attached hydrogen (secondary N) is 1. The standard InChI is InChI=1S/C11H20N4O/c1-4-10-14-9(12)5-11(15-10)13-6-8(16)7(2)3/h5,7-8,16H,4,6H2,1-3H3,(H3,12,13,14,15). The van der Waals surface area contributed by atoms with E-state index in [0.717, 1.165) is 6.42 Å². The lowest BCUT2D eigenvalue weighted by atomic mass is 10.1. The smallest absolute Gasteiger partial charge is 0.132 e. The van der Waals surface area contributed by atoms with E-state index in [2.05, 4.69) is 15.3 Å². The molecule has 0 aliphatic heterocycles. The molecule has 0 spiro atoms. The van der Waals surface area contributed by atoms with E-state index in [1.807, 2.05) is 20.8 Å². The van der Waals surface area contributed by atoms with Crippen LogP contribution in [0.1, 0.15) is 26.6 Å². The van der Waals surface area contributed by atoms with Gasteiger partial charge in [-0.1, -0.05) is 20.8 Å². The maximum absolute atomic E-state index is 9.65. The fourth-order valence-electron chi connectivity index (χ4n) is 1.21. The van der Waals surface area contributed by atoms with Crippen LogP contribution >= 0.6 is 0 Å². The van der Waals surface area contributed by atoms with Crippen LogP contribution in [0.2, 0.25) is 0 Å². The van der Waals surface area contributed by atoms with Gasteiger partial charge in [0.05, 0.1) is 6.10 Å². The molecule has 4 N–H and O–H groups in total. The molecule has 0 bridgehead atoms. The van der Waals surface area contributed by atoms with E-state index < -0.39 is 0 Å². The first kappa shape index (κ1) is 12.7. The quantitative estimate of drug-likeness (QED) is 0.696. The molecule has 1 atom stereocenters. The zero-order chi connectivity index (χ0) is 12.1. The molecule has 0 aliphatic carbocycles. The Bertz CT molecular complexity index is 341. The Morgan fingerprint density at radius 2 is 2.12 bits per heavy atom. The summed E-state index contributed by atoms with van der Waals surface area (Å²) in [6.45, 7) is 6.38. The highest BCUT2D eigenvalue weighted by Crippen LogP contribution is 2.10. The summed E-state index contributed by atoms with van der Waals surface area (Å²) in [5, 5.41) is 12.7. The summed E-state index contributed by atoms with van der Waals surface area (Å²) < 4.78 is 0. The Labute approximate surface area is 96.1 Å². The number of aliphatic hydroxyl groups excluding tert-OH is 1. The largest absolute Gasteiger partial charge is 0.391 e. The van der Waals surface area contributed by atoms with Crippen LogP contribution in [0, 0.1) is 5.92 Å². The van der Waals surface area contributed by atoms with Gasteiger partial charge in [-0.2, -0.15) is 0 Å². The predicted octanol–water partition coefficient (Wildman–Crippen LogP) is 1.05. The minimum atomic E-state index is -0.388. The Hall–Kier alpha value is -1.36. The minimum absolute atomic E-state index is 0.220. The van der Waals surface area contributed by atoms with Crippen molar-refractivity contribution in [3.05, 3.63) is 11.9 Å². The van der Waals surface area contributed by atoms with Crippen molar-refractivity contribution in [2.45, 2.75) is 33.3 Å². The average Bonchev–Trinajstić information content (AvgIpc) is 2.24. The monoisotopic (exact) mass is 224 g/mol. The van der Waals surface area contributed by atoms with Crippen LogP contribution in [0.15, 0.2) is 6.07 Å². The van der Waals surface area contributed by atoms with Crippen LogP contribution in [-0.2, 0) is 6.42 Å². The topological polar surface area (TPSA) is 84.1 Å². The number of hydrogen-bond donors (Lipinski definition) is 3. The van der Waals surface area contributed by atoms with Crippen molar-refractivity contribution in [3.63, 3.8) is 0 Å². The molecule has 0 saturated heterocycles. The fourth-order valence-corrected chi connectivity index (χ4v) is 1.21. The number of aromatic nitrogens is 2. The summed E-state index contributed by atoms with van der Waals surface area (Å²) in [6.07, 6.45) is 0.355. The number of aryl methyl sites for hydroxylation is 1. The average molecular weight is 224 g/mol. The molecular formula is C11H20N4O. The highest BCUT2D eigenvalue weighted by Gasteiger charge is 2.09. The van der Waals surface area contributed by atoms with Crippen molar-refractivity contribution in [3.8, 4) is 0 Å². The summed E-state index contributed by atoms with van der Waals surface area (Å²) in [4.78, 5) is 8.35. The highest BCUT2D eigenvalue weighted by molar-refractivity contribution is 5.44. The molecule has 0 radical (unpaired) electrons. The summed E-state index contributed by atoms with van der Waals surface area (Å²) in [5.74, 6) is 2.05. The van der Waals surface area contributed by atoms with Crippen LogP contribution in [-0.4, -0.2) is 27.7 Å². The lowest BCUT2D eigenvalue weighted by Crippen LogP contribution is -2.25.